The maximum atomic E-state index is 12.5. The van der Waals surface area contributed by atoms with Gasteiger partial charge < -0.3 is 10.1 Å². The van der Waals surface area contributed by atoms with Crippen LogP contribution in [0.1, 0.15) is 36.6 Å². The van der Waals surface area contributed by atoms with Crippen molar-refractivity contribution in [3.63, 3.8) is 0 Å². The molecule has 0 aliphatic rings. The highest BCUT2D eigenvalue weighted by molar-refractivity contribution is 9.10. The van der Waals surface area contributed by atoms with Crippen LogP contribution in [0.4, 0.5) is 5.69 Å². The Bertz CT molecular complexity index is 1460. The molecule has 0 aliphatic carbocycles. The summed E-state index contributed by atoms with van der Waals surface area (Å²) < 4.78 is 6.25. The first kappa shape index (κ1) is 25.8. The van der Waals surface area contributed by atoms with Crippen LogP contribution in [0.25, 0.3) is 0 Å². The van der Waals surface area contributed by atoms with Crippen molar-refractivity contribution in [1.82, 2.24) is 5.43 Å². The number of hydrazone groups is 1. The zero-order valence-corrected chi connectivity index (χ0v) is 21.5. The number of halogens is 2. The van der Waals surface area contributed by atoms with Crippen LogP contribution in [0.15, 0.2) is 107 Å². The van der Waals surface area contributed by atoms with Crippen LogP contribution in [0.5, 0.6) is 5.75 Å². The molecule has 9 heteroatoms. The molecule has 0 bridgehead atoms. The standard InChI is InChI=1S/C28H19BrClN3O4/c29-22-10-15-25(37-28(36)20-4-2-1-3-5-20)21(16-22)17-31-33-27(35)19-8-13-24(14-9-19)32-26(34)18-6-11-23(30)12-7-18/h1-17H,(H,32,34)(H,33,35)/b31-17-. The van der Waals surface area contributed by atoms with E-state index in [4.69, 9.17) is 16.3 Å². The number of benzene rings is 4. The fraction of sp³-hybridized carbons (Fsp3) is 0. The quantitative estimate of drug-likeness (QED) is 0.116. The average Bonchev–Trinajstić information content (AvgIpc) is 2.91. The summed E-state index contributed by atoms with van der Waals surface area (Å²) in [5, 5.41) is 7.30. The summed E-state index contributed by atoms with van der Waals surface area (Å²) in [4.78, 5) is 37.3. The minimum atomic E-state index is -0.509. The van der Waals surface area contributed by atoms with Gasteiger partial charge in [-0.15, -0.1) is 0 Å². The molecule has 0 atom stereocenters. The van der Waals surface area contributed by atoms with Crippen molar-refractivity contribution in [2.24, 2.45) is 5.10 Å². The Balaban J connectivity index is 1.38. The van der Waals surface area contributed by atoms with Gasteiger partial charge in [-0.3, -0.25) is 9.59 Å². The zero-order valence-electron chi connectivity index (χ0n) is 19.2. The molecule has 7 nitrogen and oxygen atoms in total. The SMILES string of the molecule is O=C(N/N=C\c1cc(Br)ccc1OC(=O)c1ccccc1)c1ccc(NC(=O)c2ccc(Cl)cc2)cc1. The van der Waals surface area contributed by atoms with Crippen molar-refractivity contribution < 1.29 is 19.1 Å². The lowest BCUT2D eigenvalue weighted by Gasteiger charge is -2.08. The number of carbonyl (C=O) groups excluding carboxylic acids is 3. The van der Waals surface area contributed by atoms with E-state index >= 15 is 0 Å². The predicted octanol–water partition coefficient (Wildman–Crippen LogP) is 6.34. The highest BCUT2D eigenvalue weighted by Crippen LogP contribution is 2.23. The lowest BCUT2D eigenvalue weighted by Crippen LogP contribution is -2.18. The maximum absolute atomic E-state index is 12.5. The smallest absolute Gasteiger partial charge is 0.343 e. The van der Waals surface area contributed by atoms with E-state index in [0.717, 1.165) is 4.47 Å². The maximum Gasteiger partial charge on any atom is 0.343 e. The minimum Gasteiger partial charge on any atom is -0.422 e. The van der Waals surface area contributed by atoms with E-state index in [9.17, 15) is 14.4 Å². The molecule has 0 fully saturated rings. The Kier molecular flexibility index (Phi) is 8.45. The van der Waals surface area contributed by atoms with Crippen molar-refractivity contribution in [3.8, 4) is 5.75 Å². The molecule has 184 valence electrons. The van der Waals surface area contributed by atoms with E-state index in [1.165, 1.54) is 6.21 Å². The van der Waals surface area contributed by atoms with Crippen LogP contribution in [-0.4, -0.2) is 24.0 Å². The monoisotopic (exact) mass is 575 g/mol. The molecular formula is C28H19BrClN3O4. The van der Waals surface area contributed by atoms with Gasteiger partial charge >= 0.3 is 5.97 Å². The van der Waals surface area contributed by atoms with Gasteiger partial charge in [-0.1, -0.05) is 45.7 Å². The molecule has 2 amide bonds. The molecule has 37 heavy (non-hydrogen) atoms. The third kappa shape index (κ3) is 7.13. The first-order valence-corrected chi connectivity index (χ1v) is 12.1. The molecule has 4 aromatic rings. The van der Waals surface area contributed by atoms with Gasteiger partial charge in [0.25, 0.3) is 11.8 Å². The Morgan fingerprint density at radius 2 is 1.43 bits per heavy atom. The highest BCUT2D eigenvalue weighted by Gasteiger charge is 2.12. The fourth-order valence-corrected chi connectivity index (χ4v) is 3.69. The summed E-state index contributed by atoms with van der Waals surface area (Å²) in [6, 6.07) is 26.6. The number of hydrogen-bond donors (Lipinski definition) is 2. The summed E-state index contributed by atoms with van der Waals surface area (Å²) in [5.74, 6) is -0.971. The molecule has 0 heterocycles. The number of rotatable bonds is 7. The second-order valence-electron chi connectivity index (χ2n) is 7.68. The number of nitrogens with zero attached hydrogens (tertiary/aromatic N) is 1. The van der Waals surface area contributed by atoms with Crippen molar-refractivity contribution in [2.45, 2.75) is 0 Å². The van der Waals surface area contributed by atoms with Gasteiger partial charge in [-0.05, 0) is 78.9 Å². The van der Waals surface area contributed by atoms with Gasteiger partial charge in [0.15, 0.2) is 0 Å². The molecule has 0 aromatic heterocycles. The molecular weight excluding hydrogens is 558 g/mol. The Morgan fingerprint density at radius 3 is 2.14 bits per heavy atom. The number of carbonyl (C=O) groups is 3. The van der Waals surface area contributed by atoms with Gasteiger partial charge in [-0.2, -0.15) is 5.10 Å². The predicted molar refractivity (Wildman–Crippen MR) is 146 cm³/mol. The number of hydrogen-bond acceptors (Lipinski definition) is 5. The van der Waals surface area contributed by atoms with Gasteiger partial charge in [-0.25, -0.2) is 10.2 Å². The molecule has 0 aliphatic heterocycles. The molecule has 0 spiro atoms. The van der Waals surface area contributed by atoms with E-state index in [2.05, 4.69) is 31.8 Å². The highest BCUT2D eigenvalue weighted by atomic mass is 79.9. The van der Waals surface area contributed by atoms with Crippen LogP contribution in [0, 0.1) is 0 Å². The fourth-order valence-electron chi connectivity index (χ4n) is 3.18. The van der Waals surface area contributed by atoms with E-state index in [-0.39, 0.29) is 11.7 Å². The third-order valence-electron chi connectivity index (χ3n) is 5.07. The third-order valence-corrected chi connectivity index (χ3v) is 5.81. The molecule has 0 unspecified atom stereocenters. The summed E-state index contributed by atoms with van der Waals surface area (Å²) >= 11 is 9.23. The molecule has 4 rings (SSSR count). The summed E-state index contributed by atoms with van der Waals surface area (Å²) in [5.41, 5.74) is 4.67. The van der Waals surface area contributed by atoms with Crippen LogP contribution < -0.4 is 15.5 Å². The van der Waals surface area contributed by atoms with Gasteiger partial charge in [0.2, 0.25) is 0 Å². The Morgan fingerprint density at radius 1 is 0.784 bits per heavy atom. The van der Waals surface area contributed by atoms with E-state index in [0.29, 0.717) is 33.0 Å². The zero-order chi connectivity index (χ0) is 26.2. The Hall–Kier alpha value is -4.27. The normalized spacial score (nSPS) is 10.6. The largest absolute Gasteiger partial charge is 0.422 e. The van der Waals surface area contributed by atoms with E-state index in [1.54, 1.807) is 91.0 Å². The van der Waals surface area contributed by atoms with Gasteiger partial charge in [0.05, 0.1) is 11.8 Å². The van der Waals surface area contributed by atoms with Crippen molar-refractivity contribution in [2.75, 3.05) is 5.32 Å². The number of nitrogens with one attached hydrogen (secondary N) is 2. The van der Waals surface area contributed by atoms with E-state index in [1.807, 2.05) is 6.07 Å². The first-order valence-electron chi connectivity index (χ1n) is 11.0. The second kappa shape index (κ2) is 12.1. The summed E-state index contributed by atoms with van der Waals surface area (Å²) in [6.07, 6.45) is 1.39. The van der Waals surface area contributed by atoms with E-state index < -0.39 is 11.9 Å². The van der Waals surface area contributed by atoms with Crippen LogP contribution in [0.3, 0.4) is 0 Å². The van der Waals surface area contributed by atoms with Crippen LogP contribution in [-0.2, 0) is 0 Å². The minimum absolute atomic E-state index is 0.288. The lowest BCUT2D eigenvalue weighted by atomic mass is 10.1. The number of ether oxygens (including phenoxy) is 1. The molecule has 2 N–H and O–H groups in total. The van der Waals surface area contributed by atoms with Crippen molar-refractivity contribution >= 4 is 57.2 Å². The number of anilines is 1. The lowest BCUT2D eigenvalue weighted by molar-refractivity contribution is 0.0734. The molecule has 4 aromatic carbocycles. The van der Waals surface area contributed by atoms with Gasteiger partial charge in [0.1, 0.15) is 5.75 Å². The second-order valence-corrected chi connectivity index (χ2v) is 9.03. The van der Waals surface area contributed by atoms with Crippen molar-refractivity contribution in [3.05, 3.63) is 129 Å². The summed E-state index contributed by atoms with van der Waals surface area (Å²) in [6.45, 7) is 0. The van der Waals surface area contributed by atoms with Crippen molar-refractivity contribution in [1.29, 1.82) is 0 Å². The number of esters is 1. The summed E-state index contributed by atoms with van der Waals surface area (Å²) in [7, 11) is 0. The number of amides is 2. The molecule has 0 radical (unpaired) electrons. The van der Waals surface area contributed by atoms with Gasteiger partial charge in [0, 0.05) is 31.9 Å². The molecule has 0 saturated carbocycles. The first-order chi connectivity index (χ1) is 17.9. The molecule has 0 saturated heterocycles. The average molecular weight is 577 g/mol. The van der Waals surface area contributed by atoms with Crippen LogP contribution in [0.2, 0.25) is 5.02 Å². The Labute approximate surface area is 226 Å². The topological polar surface area (TPSA) is 96.9 Å². The van der Waals surface area contributed by atoms with Crippen LogP contribution >= 0.6 is 27.5 Å².